The quantitative estimate of drug-likeness (QED) is 0.485. The number of hydrogen-bond donors (Lipinski definition) is 1. The molecule has 1 aromatic heterocycles. The van der Waals surface area contributed by atoms with Crippen LogP contribution in [0.4, 0.5) is 0 Å². The first-order valence-corrected chi connectivity index (χ1v) is 12.3. The highest BCUT2D eigenvalue weighted by molar-refractivity contribution is 7.89. The normalized spacial score (nSPS) is 14.9. The molecule has 0 spiro atoms. The van der Waals surface area contributed by atoms with Crippen LogP contribution in [0.1, 0.15) is 48.7 Å². The highest BCUT2D eigenvalue weighted by atomic mass is 32.2. The Labute approximate surface area is 194 Å². The molecular weight excluding hydrogens is 442 g/mol. The molecule has 1 aliphatic rings. The van der Waals surface area contributed by atoms with Crippen LogP contribution in [0.3, 0.4) is 0 Å². The van der Waals surface area contributed by atoms with Crippen molar-refractivity contribution in [1.29, 1.82) is 0 Å². The van der Waals surface area contributed by atoms with Gasteiger partial charge >= 0.3 is 0 Å². The van der Waals surface area contributed by atoms with Crippen LogP contribution in [0.5, 0.6) is 11.5 Å². The number of hydrogen-bond acceptors (Lipinski definition) is 6. The van der Waals surface area contributed by atoms with Gasteiger partial charge in [-0.2, -0.15) is 9.40 Å². The van der Waals surface area contributed by atoms with Gasteiger partial charge < -0.3 is 14.6 Å². The van der Waals surface area contributed by atoms with Gasteiger partial charge in [-0.1, -0.05) is 24.3 Å². The Kier molecular flexibility index (Phi) is 6.73. The first-order chi connectivity index (χ1) is 15.8. The van der Waals surface area contributed by atoms with Crippen LogP contribution in [0, 0.1) is 0 Å². The van der Waals surface area contributed by atoms with E-state index in [1.165, 1.54) is 10.4 Å². The number of aliphatic hydroxyl groups is 1. The smallest absolute Gasteiger partial charge is 0.263 e. The standard InChI is InChI=1S/C24H29N3O5S/c1-17(28)23-14-24(25-27(23)20-8-9-20)33(29,30)26(15-18-4-10-21(31-2)11-5-18)16-19-6-12-22(32-3)13-7-19/h4-7,10-14,17,20,28H,8-9,15-16H2,1-3H3. The highest BCUT2D eigenvalue weighted by Crippen LogP contribution is 2.37. The molecule has 2 aromatic carbocycles. The van der Waals surface area contributed by atoms with Crippen LogP contribution in [0.15, 0.2) is 59.6 Å². The monoisotopic (exact) mass is 471 g/mol. The first-order valence-electron chi connectivity index (χ1n) is 10.9. The second kappa shape index (κ2) is 9.54. The Bertz CT molecular complexity index is 1110. The van der Waals surface area contributed by atoms with Gasteiger partial charge in [-0.15, -0.1) is 0 Å². The molecule has 33 heavy (non-hydrogen) atoms. The van der Waals surface area contributed by atoms with E-state index in [4.69, 9.17) is 9.47 Å². The van der Waals surface area contributed by atoms with Crippen molar-refractivity contribution in [3.05, 3.63) is 71.4 Å². The molecule has 1 N–H and O–H groups in total. The number of ether oxygens (including phenoxy) is 2. The number of benzene rings is 2. The lowest BCUT2D eigenvalue weighted by Gasteiger charge is -2.21. The summed E-state index contributed by atoms with van der Waals surface area (Å²) in [6, 6.07) is 16.3. The zero-order chi connectivity index (χ0) is 23.6. The summed E-state index contributed by atoms with van der Waals surface area (Å²) < 4.78 is 41.0. The third-order valence-electron chi connectivity index (χ3n) is 5.70. The summed E-state index contributed by atoms with van der Waals surface area (Å²) in [6.07, 6.45) is 1.06. The van der Waals surface area contributed by atoms with E-state index in [0.29, 0.717) is 17.2 Å². The molecule has 0 saturated heterocycles. The zero-order valence-electron chi connectivity index (χ0n) is 19.0. The molecule has 9 heteroatoms. The summed E-state index contributed by atoms with van der Waals surface area (Å²) >= 11 is 0. The number of aliphatic hydroxyl groups excluding tert-OH is 1. The lowest BCUT2D eigenvalue weighted by molar-refractivity contribution is 0.187. The van der Waals surface area contributed by atoms with E-state index in [9.17, 15) is 13.5 Å². The van der Waals surface area contributed by atoms with Crippen molar-refractivity contribution in [3.63, 3.8) is 0 Å². The maximum absolute atomic E-state index is 13.7. The number of aromatic nitrogens is 2. The Balaban J connectivity index is 1.69. The highest BCUT2D eigenvalue weighted by Gasteiger charge is 2.34. The molecular formula is C24H29N3O5S. The predicted molar refractivity (Wildman–Crippen MR) is 124 cm³/mol. The molecule has 4 rings (SSSR count). The van der Waals surface area contributed by atoms with Gasteiger partial charge in [0.2, 0.25) is 0 Å². The van der Waals surface area contributed by atoms with E-state index in [0.717, 1.165) is 24.0 Å². The van der Waals surface area contributed by atoms with E-state index in [2.05, 4.69) is 5.10 Å². The van der Waals surface area contributed by atoms with Crippen LogP contribution < -0.4 is 9.47 Å². The summed E-state index contributed by atoms with van der Waals surface area (Å²) in [6.45, 7) is 1.95. The van der Waals surface area contributed by atoms with E-state index in [-0.39, 0.29) is 24.2 Å². The maximum Gasteiger partial charge on any atom is 0.263 e. The third-order valence-corrected chi connectivity index (χ3v) is 7.37. The molecule has 8 nitrogen and oxygen atoms in total. The fourth-order valence-corrected chi connectivity index (χ4v) is 5.03. The SMILES string of the molecule is COc1ccc(CN(Cc2ccc(OC)cc2)S(=O)(=O)c2cc(C(C)O)n(C3CC3)n2)cc1. The number of methoxy groups -OCH3 is 2. The van der Waals surface area contributed by atoms with Crippen LogP contribution in [0.2, 0.25) is 0 Å². The van der Waals surface area contributed by atoms with Gasteiger partial charge in [0.25, 0.3) is 10.0 Å². The summed E-state index contributed by atoms with van der Waals surface area (Å²) in [4.78, 5) is 0. The molecule has 1 heterocycles. The van der Waals surface area contributed by atoms with E-state index >= 15 is 0 Å². The molecule has 0 radical (unpaired) electrons. The Hall–Kier alpha value is -2.88. The molecule has 3 aromatic rings. The number of sulfonamides is 1. The second-order valence-electron chi connectivity index (χ2n) is 8.23. The maximum atomic E-state index is 13.7. The van der Waals surface area contributed by atoms with Gasteiger partial charge in [0.1, 0.15) is 11.5 Å². The zero-order valence-corrected chi connectivity index (χ0v) is 19.8. The lowest BCUT2D eigenvalue weighted by atomic mass is 10.2. The van der Waals surface area contributed by atoms with Crippen molar-refractivity contribution in [1.82, 2.24) is 14.1 Å². The first kappa shape index (κ1) is 23.3. The topological polar surface area (TPSA) is 93.9 Å². The van der Waals surface area contributed by atoms with Crippen molar-refractivity contribution in [2.24, 2.45) is 0 Å². The minimum absolute atomic E-state index is 0.0488. The van der Waals surface area contributed by atoms with Crippen LogP contribution in [-0.2, 0) is 23.1 Å². The van der Waals surface area contributed by atoms with Crippen molar-refractivity contribution >= 4 is 10.0 Å². The predicted octanol–water partition coefficient (Wildman–Crippen LogP) is 3.68. The van der Waals surface area contributed by atoms with Crippen LogP contribution in [-0.4, -0.2) is 41.8 Å². The summed E-state index contributed by atoms with van der Waals surface area (Å²) in [5, 5.41) is 14.5. The van der Waals surface area contributed by atoms with Crippen LogP contribution in [0.25, 0.3) is 0 Å². The van der Waals surface area contributed by atoms with Gasteiger partial charge in [-0.3, -0.25) is 4.68 Å². The second-order valence-corrected chi connectivity index (χ2v) is 10.1. The average molecular weight is 472 g/mol. The number of nitrogens with zero attached hydrogens (tertiary/aromatic N) is 3. The molecule has 1 atom stereocenters. The lowest BCUT2D eigenvalue weighted by Crippen LogP contribution is -2.30. The van der Waals surface area contributed by atoms with Crippen molar-refractivity contribution < 1.29 is 23.0 Å². The van der Waals surface area contributed by atoms with E-state index in [1.807, 2.05) is 24.3 Å². The van der Waals surface area contributed by atoms with Gasteiger partial charge in [0, 0.05) is 19.2 Å². The fourth-order valence-electron chi connectivity index (χ4n) is 3.66. The number of rotatable bonds is 10. The fraction of sp³-hybridized carbons (Fsp3) is 0.375. The van der Waals surface area contributed by atoms with Crippen molar-refractivity contribution in [3.8, 4) is 11.5 Å². The van der Waals surface area contributed by atoms with E-state index in [1.54, 1.807) is 50.1 Å². The van der Waals surface area contributed by atoms with Crippen molar-refractivity contribution in [2.75, 3.05) is 14.2 Å². The van der Waals surface area contributed by atoms with Gasteiger partial charge in [-0.25, -0.2) is 8.42 Å². The average Bonchev–Trinajstić information content (AvgIpc) is 3.56. The molecule has 1 aliphatic carbocycles. The molecule has 176 valence electrons. The molecule has 0 aliphatic heterocycles. The van der Waals surface area contributed by atoms with Gasteiger partial charge in [0.05, 0.1) is 32.1 Å². The Morgan fingerprint density at radius 1 is 1.00 bits per heavy atom. The molecule has 1 saturated carbocycles. The van der Waals surface area contributed by atoms with Gasteiger partial charge in [0.15, 0.2) is 5.03 Å². The molecule has 0 amide bonds. The Morgan fingerprint density at radius 3 is 1.88 bits per heavy atom. The molecule has 1 fully saturated rings. The third kappa shape index (κ3) is 5.21. The molecule has 1 unspecified atom stereocenters. The summed E-state index contributed by atoms with van der Waals surface area (Å²) in [5.41, 5.74) is 2.17. The minimum Gasteiger partial charge on any atom is -0.497 e. The van der Waals surface area contributed by atoms with Gasteiger partial charge in [-0.05, 0) is 55.2 Å². The largest absolute Gasteiger partial charge is 0.497 e. The Morgan fingerprint density at radius 2 is 1.48 bits per heavy atom. The van der Waals surface area contributed by atoms with E-state index < -0.39 is 16.1 Å². The summed E-state index contributed by atoms with van der Waals surface area (Å²) in [7, 11) is -0.765. The van der Waals surface area contributed by atoms with Crippen LogP contribution >= 0.6 is 0 Å². The van der Waals surface area contributed by atoms with Crippen molar-refractivity contribution in [2.45, 2.75) is 50.0 Å². The molecule has 0 bridgehead atoms. The minimum atomic E-state index is -3.94. The summed E-state index contributed by atoms with van der Waals surface area (Å²) in [5.74, 6) is 1.40.